The summed E-state index contributed by atoms with van der Waals surface area (Å²) in [6.45, 7) is 0.874. The molecule has 1 aliphatic rings. The second-order valence-electron chi connectivity index (χ2n) is 5.18. The lowest BCUT2D eigenvalue weighted by molar-refractivity contribution is -0.688. The monoisotopic (exact) mass is 249 g/mol. The SMILES string of the molecule is N#Cc1ccc(C[n+]2ccc3c(c2)CCCC3)cc1. The first-order valence-electron chi connectivity index (χ1n) is 6.85. The van der Waals surface area contributed by atoms with E-state index in [4.69, 9.17) is 5.26 Å². The van der Waals surface area contributed by atoms with Gasteiger partial charge in [-0.15, -0.1) is 0 Å². The molecule has 0 unspecified atom stereocenters. The maximum absolute atomic E-state index is 8.80. The van der Waals surface area contributed by atoms with Crippen LogP contribution in [0.3, 0.4) is 0 Å². The van der Waals surface area contributed by atoms with Gasteiger partial charge in [0.1, 0.15) is 0 Å². The van der Waals surface area contributed by atoms with Crippen LogP contribution in [0.4, 0.5) is 0 Å². The molecule has 19 heavy (non-hydrogen) atoms. The molecular weight excluding hydrogens is 232 g/mol. The van der Waals surface area contributed by atoms with E-state index in [0.717, 1.165) is 12.1 Å². The molecule has 94 valence electrons. The van der Waals surface area contributed by atoms with Gasteiger partial charge in [0, 0.05) is 17.2 Å². The number of nitrogens with zero attached hydrogens (tertiary/aromatic N) is 2. The molecule has 0 aliphatic heterocycles. The lowest BCUT2D eigenvalue weighted by Crippen LogP contribution is -2.34. The van der Waals surface area contributed by atoms with Crippen LogP contribution in [0.5, 0.6) is 0 Å². The fraction of sp³-hybridized carbons (Fsp3) is 0.294. The molecule has 1 heterocycles. The third kappa shape index (κ3) is 2.66. The van der Waals surface area contributed by atoms with Crippen LogP contribution in [0.1, 0.15) is 35.1 Å². The zero-order chi connectivity index (χ0) is 13.1. The largest absolute Gasteiger partial charge is 0.200 e. The van der Waals surface area contributed by atoms with Gasteiger partial charge in [-0.3, -0.25) is 0 Å². The number of aryl methyl sites for hydroxylation is 2. The van der Waals surface area contributed by atoms with Gasteiger partial charge < -0.3 is 0 Å². The summed E-state index contributed by atoms with van der Waals surface area (Å²) in [5, 5.41) is 8.80. The number of nitriles is 1. The van der Waals surface area contributed by atoms with Crippen LogP contribution >= 0.6 is 0 Å². The molecule has 0 fully saturated rings. The summed E-state index contributed by atoms with van der Waals surface area (Å²) in [6.07, 6.45) is 9.53. The van der Waals surface area contributed by atoms with Crippen LogP contribution < -0.4 is 4.57 Å². The van der Waals surface area contributed by atoms with Crippen LogP contribution in [0.15, 0.2) is 42.7 Å². The van der Waals surface area contributed by atoms with E-state index in [2.05, 4.69) is 29.1 Å². The van der Waals surface area contributed by atoms with Crippen LogP contribution in [0.2, 0.25) is 0 Å². The Bertz CT molecular complexity index is 621. The Morgan fingerprint density at radius 2 is 1.74 bits per heavy atom. The van der Waals surface area contributed by atoms with E-state index >= 15 is 0 Å². The van der Waals surface area contributed by atoms with Gasteiger partial charge in [-0.05, 0) is 43.4 Å². The number of rotatable bonds is 2. The summed E-state index contributed by atoms with van der Waals surface area (Å²) in [5.74, 6) is 0. The number of hydrogen-bond donors (Lipinski definition) is 0. The van der Waals surface area contributed by atoms with Gasteiger partial charge >= 0.3 is 0 Å². The molecule has 2 heteroatoms. The van der Waals surface area contributed by atoms with Crippen LogP contribution in [-0.2, 0) is 19.4 Å². The van der Waals surface area contributed by atoms with Gasteiger partial charge in [0.2, 0.25) is 0 Å². The molecule has 1 aliphatic carbocycles. The first kappa shape index (κ1) is 11.9. The number of fused-ring (bicyclic) bond motifs is 1. The fourth-order valence-electron chi connectivity index (χ4n) is 2.71. The van der Waals surface area contributed by atoms with Crippen molar-refractivity contribution in [3.05, 3.63) is 65.0 Å². The molecule has 1 aromatic carbocycles. The highest BCUT2D eigenvalue weighted by atomic mass is 14.9. The quantitative estimate of drug-likeness (QED) is 0.752. The van der Waals surface area contributed by atoms with E-state index in [1.165, 1.54) is 42.4 Å². The smallest absolute Gasteiger partial charge is 0.173 e. The summed E-state index contributed by atoms with van der Waals surface area (Å²) in [5.41, 5.74) is 4.98. The molecule has 0 radical (unpaired) electrons. The van der Waals surface area contributed by atoms with Gasteiger partial charge in [0.05, 0.1) is 11.6 Å². The number of benzene rings is 1. The van der Waals surface area contributed by atoms with E-state index in [1.54, 1.807) is 0 Å². The highest BCUT2D eigenvalue weighted by Crippen LogP contribution is 2.18. The van der Waals surface area contributed by atoms with Crippen molar-refractivity contribution < 1.29 is 4.57 Å². The maximum Gasteiger partial charge on any atom is 0.173 e. The van der Waals surface area contributed by atoms with Crippen molar-refractivity contribution in [2.24, 2.45) is 0 Å². The first-order chi connectivity index (χ1) is 9.35. The molecular formula is C17H17N2+. The predicted octanol–water partition coefficient (Wildman–Crippen LogP) is 2.77. The Kier molecular flexibility index (Phi) is 3.29. The van der Waals surface area contributed by atoms with E-state index in [-0.39, 0.29) is 0 Å². The number of aromatic nitrogens is 1. The highest BCUT2D eigenvalue weighted by molar-refractivity contribution is 5.31. The van der Waals surface area contributed by atoms with Gasteiger partial charge in [-0.2, -0.15) is 5.26 Å². The predicted molar refractivity (Wildman–Crippen MR) is 73.5 cm³/mol. The van der Waals surface area contributed by atoms with Crippen LogP contribution in [0, 0.1) is 11.3 Å². The van der Waals surface area contributed by atoms with Crippen molar-refractivity contribution in [2.45, 2.75) is 32.2 Å². The standard InChI is InChI=1S/C17H17N2/c18-11-14-5-7-15(8-6-14)12-19-10-9-16-3-1-2-4-17(16)13-19/h5-10,13H,1-4,12H2/q+1. The molecule has 0 saturated carbocycles. The van der Waals surface area contributed by atoms with Crippen molar-refractivity contribution >= 4 is 0 Å². The summed E-state index contributed by atoms with van der Waals surface area (Å²) >= 11 is 0. The number of pyridine rings is 1. The van der Waals surface area contributed by atoms with E-state index in [1.807, 2.05) is 24.3 Å². The third-order valence-electron chi connectivity index (χ3n) is 3.79. The van der Waals surface area contributed by atoms with Crippen molar-refractivity contribution in [3.63, 3.8) is 0 Å². The van der Waals surface area contributed by atoms with Gasteiger partial charge in [0.25, 0.3) is 0 Å². The average molecular weight is 249 g/mol. The zero-order valence-corrected chi connectivity index (χ0v) is 11.0. The zero-order valence-electron chi connectivity index (χ0n) is 11.0. The van der Waals surface area contributed by atoms with E-state index < -0.39 is 0 Å². The van der Waals surface area contributed by atoms with E-state index in [0.29, 0.717) is 0 Å². The highest BCUT2D eigenvalue weighted by Gasteiger charge is 2.13. The van der Waals surface area contributed by atoms with Gasteiger partial charge in [-0.25, -0.2) is 4.57 Å². The molecule has 1 aromatic heterocycles. The molecule has 0 saturated heterocycles. The molecule has 0 atom stereocenters. The maximum atomic E-state index is 8.80. The third-order valence-corrected chi connectivity index (χ3v) is 3.79. The van der Waals surface area contributed by atoms with Gasteiger partial charge in [-0.1, -0.05) is 12.1 Å². The Balaban J connectivity index is 1.81. The molecule has 0 spiro atoms. The van der Waals surface area contributed by atoms with E-state index in [9.17, 15) is 0 Å². The van der Waals surface area contributed by atoms with Crippen molar-refractivity contribution in [1.29, 1.82) is 5.26 Å². The topological polar surface area (TPSA) is 27.7 Å². The Labute approximate surface area is 113 Å². The second-order valence-corrected chi connectivity index (χ2v) is 5.18. The summed E-state index contributed by atoms with van der Waals surface area (Å²) < 4.78 is 2.24. The molecule has 2 nitrogen and oxygen atoms in total. The summed E-state index contributed by atoms with van der Waals surface area (Å²) in [6, 6.07) is 12.2. The Morgan fingerprint density at radius 3 is 2.47 bits per heavy atom. The van der Waals surface area contributed by atoms with Gasteiger partial charge in [0.15, 0.2) is 18.9 Å². The normalized spacial score (nSPS) is 13.6. The minimum Gasteiger partial charge on any atom is -0.200 e. The minimum atomic E-state index is 0.721. The molecule has 0 amide bonds. The van der Waals surface area contributed by atoms with Crippen molar-refractivity contribution in [1.82, 2.24) is 0 Å². The Hall–Kier alpha value is -2.14. The molecule has 0 N–H and O–H groups in total. The number of hydrogen-bond acceptors (Lipinski definition) is 1. The lowest BCUT2D eigenvalue weighted by atomic mass is 9.93. The second kappa shape index (κ2) is 5.24. The summed E-state index contributed by atoms with van der Waals surface area (Å²) in [7, 11) is 0. The first-order valence-corrected chi connectivity index (χ1v) is 6.85. The average Bonchev–Trinajstić information content (AvgIpc) is 2.48. The summed E-state index contributed by atoms with van der Waals surface area (Å²) in [4.78, 5) is 0. The van der Waals surface area contributed by atoms with Crippen LogP contribution in [0.25, 0.3) is 0 Å². The van der Waals surface area contributed by atoms with Crippen molar-refractivity contribution in [2.75, 3.05) is 0 Å². The Morgan fingerprint density at radius 1 is 1.00 bits per heavy atom. The molecule has 0 bridgehead atoms. The van der Waals surface area contributed by atoms with Crippen molar-refractivity contribution in [3.8, 4) is 6.07 Å². The van der Waals surface area contributed by atoms with Crippen LogP contribution in [-0.4, -0.2) is 0 Å². The lowest BCUT2D eigenvalue weighted by Gasteiger charge is -2.13. The minimum absolute atomic E-state index is 0.721. The fourth-order valence-corrected chi connectivity index (χ4v) is 2.71. The molecule has 3 rings (SSSR count). The molecule has 2 aromatic rings.